The molecule has 2 aromatic carbocycles. The number of rotatable bonds is 6. The second-order valence-corrected chi connectivity index (χ2v) is 10.2. The lowest BCUT2D eigenvalue weighted by Gasteiger charge is -2.26. The number of nitrogens with zero attached hydrogens (tertiary/aromatic N) is 4. The Hall–Kier alpha value is -5.87. The predicted molar refractivity (Wildman–Crippen MR) is 161 cm³/mol. The van der Waals surface area contributed by atoms with Crippen molar-refractivity contribution in [3.63, 3.8) is 0 Å². The maximum absolute atomic E-state index is 10.6. The molecular weight excluding hydrogens is 731 g/mol. The number of aromatic amines is 1. The van der Waals surface area contributed by atoms with E-state index < -0.39 is 36.4 Å². The molecule has 5 rings (SSSR count). The minimum absolute atomic E-state index is 0.368. The van der Waals surface area contributed by atoms with Gasteiger partial charge in [-0.15, -0.1) is 0 Å². The fourth-order valence-corrected chi connectivity index (χ4v) is 3.56. The summed E-state index contributed by atoms with van der Waals surface area (Å²) >= 11 is 0. The van der Waals surface area contributed by atoms with E-state index in [4.69, 9.17) is 49.1 Å². The van der Waals surface area contributed by atoms with Crippen molar-refractivity contribution in [1.82, 2.24) is 25.1 Å². The number of fused-ring (bicyclic) bond motifs is 2. The summed E-state index contributed by atoms with van der Waals surface area (Å²) in [7, 11) is 4.10. The van der Waals surface area contributed by atoms with Crippen molar-refractivity contribution in [3.8, 4) is 22.6 Å². The van der Waals surface area contributed by atoms with E-state index in [0.717, 1.165) is 46.7 Å². The van der Waals surface area contributed by atoms with Crippen LogP contribution in [0.2, 0.25) is 0 Å². The van der Waals surface area contributed by atoms with Gasteiger partial charge in [0.05, 0.1) is 11.7 Å². The Labute approximate surface area is 285 Å². The highest BCUT2D eigenvalue weighted by atomic mass is 19.4. The van der Waals surface area contributed by atoms with Crippen molar-refractivity contribution in [2.24, 2.45) is 0 Å². The zero-order valence-corrected chi connectivity index (χ0v) is 26.5. The summed E-state index contributed by atoms with van der Waals surface area (Å²) in [6.07, 6.45) is -11.9. The molecule has 1 atom stereocenters. The van der Waals surface area contributed by atoms with Gasteiger partial charge in [0.2, 0.25) is 0 Å². The number of halogens is 9. The Kier molecular flexibility index (Phi) is 14.5. The first-order valence-electron chi connectivity index (χ1n) is 14.0. The fraction of sp³-hybridized carbons (Fsp3) is 0.310. The van der Waals surface area contributed by atoms with Crippen molar-refractivity contribution in [3.05, 3.63) is 60.7 Å². The number of ether oxygens (including phenoxy) is 2. The SMILES string of the molecule is CN(C)CCNc1nc(C2COc3ccccc3O2)nc2ccc(-c3cn[nH]c3)cc12.O=C(O)C(F)(F)F.O=C(O)C(F)(F)F.O=C(O)C(F)(F)F. The average Bonchev–Trinajstić information content (AvgIpc) is 3.59. The van der Waals surface area contributed by atoms with Gasteiger partial charge in [-0.05, 0) is 43.9 Å². The summed E-state index contributed by atoms with van der Waals surface area (Å²) in [5.74, 6) is -5.43. The van der Waals surface area contributed by atoms with Crippen LogP contribution in [0, 0.1) is 0 Å². The van der Waals surface area contributed by atoms with E-state index in [1.807, 2.05) is 56.7 Å². The van der Waals surface area contributed by atoms with Crippen LogP contribution in [-0.4, -0.2) is 111 Å². The quantitative estimate of drug-likeness (QED) is 0.157. The number of H-pyrrole nitrogens is 1. The number of aliphatic carboxylic acids is 3. The Morgan fingerprint density at radius 3 is 1.87 bits per heavy atom. The first-order chi connectivity index (χ1) is 24.0. The molecule has 14 nitrogen and oxygen atoms in total. The van der Waals surface area contributed by atoms with Crippen LogP contribution in [0.3, 0.4) is 0 Å². The van der Waals surface area contributed by atoms with E-state index in [0.29, 0.717) is 18.2 Å². The number of nitrogens with one attached hydrogen (secondary N) is 2. The van der Waals surface area contributed by atoms with Crippen molar-refractivity contribution in [2.45, 2.75) is 24.6 Å². The molecule has 1 unspecified atom stereocenters. The van der Waals surface area contributed by atoms with Gasteiger partial charge in [0.15, 0.2) is 23.4 Å². The molecule has 0 aliphatic carbocycles. The largest absolute Gasteiger partial charge is 0.490 e. The Morgan fingerprint density at radius 1 is 0.846 bits per heavy atom. The number of carbonyl (C=O) groups is 3. The van der Waals surface area contributed by atoms with Gasteiger partial charge >= 0.3 is 36.4 Å². The van der Waals surface area contributed by atoms with Crippen molar-refractivity contribution in [2.75, 3.05) is 39.1 Å². The highest BCUT2D eigenvalue weighted by Gasteiger charge is 2.39. The minimum atomic E-state index is -5.08. The number of carboxylic acids is 3. The van der Waals surface area contributed by atoms with E-state index in [2.05, 4.69) is 26.5 Å². The number of carboxylic acid groups (broad SMARTS) is 3. The normalized spacial score (nSPS) is 13.7. The highest BCUT2D eigenvalue weighted by Crippen LogP contribution is 2.36. The zero-order chi connectivity index (χ0) is 39.4. The molecule has 3 heterocycles. The van der Waals surface area contributed by atoms with Gasteiger partial charge in [-0.2, -0.15) is 44.6 Å². The van der Waals surface area contributed by atoms with Crippen LogP contribution in [0.25, 0.3) is 22.0 Å². The lowest BCUT2D eigenvalue weighted by Crippen LogP contribution is -2.25. The molecule has 0 radical (unpaired) electrons. The van der Waals surface area contributed by atoms with E-state index in [1.165, 1.54) is 0 Å². The lowest BCUT2D eigenvalue weighted by atomic mass is 10.1. The number of likely N-dealkylation sites (N-methyl/N-ethyl adjacent to an activating group) is 1. The molecule has 0 bridgehead atoms. The number of anilines is 1. The molecule has 1 aliphatic rings. The molecule has 0 saturated heterocycles. The summed E-state index contributed by atoms with van der Waals surface area (Å²) in [5, 5.41) is 32.7. The molecular formula is C29H27F9N6O8. The second kappa shape index (κ2) is 17.9. The summed E-state index contributed by atoms with van der Waals surface area (Å²) in [5.41, 5.74) is 2.93. The standard InChI is InChI=1S/C23H24N6O2.3C2HF3O2/c1-29(2)10-9-24-22-17-11-15(16-12-25-26-13-16)7-8-18(17)27-23(28-22)21-14-30-19-5-3-4-6-20(19)31-21;3*3-2(4,5)1(6)7/h3-8,11-13,21H,9-10,14H2,1-2H3,(H,25,26)(H,24,27,28);3*(H,6,7). The third-order valence-electron chi connectivity index (χ3n) is 5.92. The van der Waals surface area contributed by atoms with Gasteiger partial charge in [0.25, 0.3) is 0 Å². The minimum Gasteiger partial charge on any atom is -0.485 e. The molecule has 1 aliphatic heterocycles. The fourth-order valence-electron chi connectivity index (χ4n) is 3.56. The molecule has 0 amide bonds. The zero-order valence-electron chi connectivity index (χ0n) is 26.5. The van der Waals surface area contributed by atoms with Crippen molar-refractivity contribution < 1.29 is 78.7 Å². The number of alkyl halides is 9. The van der Waals surface area contributed by atoms with E-state index in [-0.39, 0.29) is 6.10 Å². The topological polar surface area (TPSA) is 200 Å². The third kappa shape index (κ3) is 13.4. The number of hydrogen-bond donors (Lipinski definition) is 5. The van der Waals surface area contributed by atoms with E-state index in [1.54, 1.807) is 6.20 Å². The van der Waals surface area contributed by atoms with Gasteiger partial charge in [-0.25, -0.2) is 24.4 Å². The summed E-state index contributed by atoms with van der Waals surface area (Å²) in [6.45, 7) is 2.02. The molecule has 0 fully saturated rings. The highest BCUT2D eigenvalue weighted by molar-refractivity contribution is 5.92. The predicted octanol–water partition coefficient (Wildman–Crippen LogP) is 5.41. The molecule has 0 spiro atoms. The van der Waals surface area contributed by atoms with Crippen LogP contribution in [-0.2, 0) is 14.4 Å². The van der Waals surface area contributed by atoms with Crippen LogP contribution < -0.4 is 14.8 Å². The Bertz CT molecular complexity index is 1740. The first-order valence-corrected chi connectivity index (χ1v) is 14.0. The van der Waals surface area contributed by atoms with Gasteiger partial charge in [0, 0.05) is 30.2 Å². The number of hydrogen-bond acceptors (Lipinski definition) is 10. The number of benzene rings is 2. The summed E-state index contributed by atoms with van der Waals surface area (Å²) < 4.78 is 107. The van der Waals surface area contributed by atoms with Gasteiger partial charge < -0.3 is 35.0 Å². The molecule has 284 valence electrons. The van der Waals surface area contributed by atoms with E-state index in [9.17, 15) is 39.5 Å². The molecule has 5 N–H and O–H groups in total. The smallest absolute Gasteiger partial charge is 0.485 e. The van der Waals surface area contributed by atoms with Crippen molar-refractivity contribution in [1.29, 1.82) is 0 Å². The first kappa shape index (κ1) is 42.3. The number of aromatic nitrogens is 4. The molecule has 4 aromatic rings. The maximum Gasteiger partial charge on any atom is 0.490 e. The van der Waals surface area contributed by atoms with Crippen LogP contribution in [0.1, 0.15) is 11.9 Å². The van der Waals surface area contributed by atoms with Gasteiger partial charge in [-0.1, -0.05) is 18.2 Å². The van der Waals surface area contributed by atoms with Crippen LogP contribution in [0.15, 0.2) is 54.9 Å². The third-order valence-corrected chi connectivity index (χ3v) is 5.92. The second-order valence-electron chi connectivity index (χ2n) is 10.2. The molecule has 0 saturated carbocycles. The summed E-state index contributed by atoms with van der Waals surface area (Å²) in [4.78, 5) is 38.5. The molecule has 52 heavy (non-hydrogen) atoms. The van der Waals surface area contributed by atoms with Crippen LogP contribution in [0.4, 0.5) is 45.3 Å². The summed E-state index contributed by atoms with van der Waals surface area (Å²) in [6, 6.07) is 13.8. The van der Waals surface area contributed by atoms with Crippen molar-refractivity contribution >= 4 is 34.6 Å². The van der Waals surface area contributed by atoms with Crippen LogP contribution in [0.5, 0.6) is 11.5 Å². The monoisotopic (exact) mass is 758 g/mol. The van der Waals surface area contributed by atoms with E-state index >= 15 is 0 Å². The Balaban J connectivity index is 0.000000365. The maximum atomic E-state index is 10.6. The van der Waals surface area contributed by atoms with Gasteiger partial charge in [0.1, 0.15) is 12.4 Å². The lowest BCUT2D eigenvalue weighted by molar-refractivity contribution is -0.193. The molecule has 23 heteroatoms. The van der Waals surface area contributed by atoms with Gasteiger partial charge in [-0.3, -0.25) is 5.10 Å². The molecule has 2 aromatic heterocycles. The Morgan fingerprint density at radius 2 is 1.38 bits per heavy atom. The average molecular weight is 759 g/mol. The van der Waals surface area contributed by atoms with Crippen LogP contribution >= 0.6 is 0 Å². The number of para-hydroxylation sites is 2.